The van der Waals surface area contributed by atoms with Crippen LogP contribution in [0.15, 0.2) is 156 Å². The van der Waals surface area contributed by atoms with E-state index in [1.54, 1.807) is 0 Å². The smallest absolute Gasteiger partial charge is 0.179 e. The normalized spacial score (nSPS) is 11.5. The fourth-order valence-corrected chi connectivity index (χ4v) is 10.9. The van der Waals surface area contributed by atoms with Gasteiger partial charge in [-0.25, -0.2) is 0 Å². The summed E-state index contributed by atoms with van der Waals surface area (Å²) in [5.41, 5.74) is 4.46. The summed E-state index contributed by atoms with van der Waals surface area (Å²) >= 11 is 0. The molecule has 0 fully saturated rings. The molecule has 0 atom stereocenters. The van der Waals surface area contributed by atoms with Crippen molar-refractivity contribution in [2.24, 2.45) is 0 Å². The van der Waals surface area contributed by atoms with Gasteiger partial charge in [0.1, 0.15) is 11.2 Å². The van der Waals surface area contributed by atoms with E-state index in [0.717, 1.165) is 33.1 Å². The van der Waals surface area contributed by atoms with Gasteiger partial charge in [-0.1, -0.05) is 133 Å². The molecule has 2 nitrogen and oxygen atoms in total. The molecular weight excluding hydrogens is 502 g/mol. The van der Waals surface area contributed by atoms with Gasteiger partial charge in [0.15, 0.2) is 8.07 Å². The highest BCUT2D eigenvalue weighted by molar-refractivity contribution is 7.20. The second-order valence-corrected chi connectivity index (χ2v) is 13.8. The second kappa shape index (κ2) is 9.85. The number of fused-ring (bicyclic) bond motifs is 3. The molecule has 3 heteroatoms. The number of furan rings is 1. The molecule has 0 N–H and O–H groups in total. The molecule has 1 aromatic heterocycles. The molecule has 0 aliphatic carbocycles. The third-order valence-electron chi connectivity index (χ3n) is 7.88. The Morgan fingerprint density at radius 1 is 0.475 bits per heavy atom. The highest BCUT2D eigenvalue weighted by atomic mass is 28.3. The molecule has 0 saturated heterocycles. The molecule has 0 aliphatic rings. The summed E-state index contributed by atoms with van der Waals surface area (Å²) in [6.07, 6.45) is 0. The summed E-state index contributed by atoms with van der Waals surface area (Å²) in [5, 5.41) is 17.2. The van der Waals surface area contributed by atoms with E-state index < -0.39 is 8.07 Å². The second-order valence-electron chi connectivity index (χ2n) is 10.0. The van der Waals surface area contributed by atoms with Gasteiger partial charge >= 0.3 is 0 Å². The SMILES string of the molecule is N#Cc1ccccc1-c1cccc([Si](c2ccccc2)(c2ccccc2)c2ccc3c(c2)oc2ccccc23)c1. The van der Waals surface area contributed by atoms with Crippen LogP contribution in [0.1, 0.15) is 5.56 Å². The van der Waals surface area contributed by atoms with Gasteiger partial charge < -0.3 is 4.42 Å². The number of hydrogen-bond acceptors (Lipinski definition) is 2. The lowest BCUT2D eigenvalue weighted by Crippen LogP contribution is -2.74. The molecule has 0 spiro atoms. The van der Waals surface area contributed by atoms with Crippen LogP contribution in [0.4, 0.5) is 0 Å². The molecule has 0 radical (unpaired) electrons. The first kappa shape index (κ1) is 23.9. The van der Waals surface area contributed by atoms with Crippen molar-refractivity contribution >= 4 is 50.8 Å². The summed E-state index contributed by atoms with van der Waals surface area (Å²) in [7, 11) is -2.80. The van der Waals surface area contributed by atoms with Gasteiger partial charge in [-0.3, -0.25) is 0 Å². The molecule has 6 aromatic carbocycles. The maximum absolute atomic E-state index is 9.85. The quantitative estimate of drug-likeness (QED) is 0.189. The standard InChI is InChI=1S/C37H25NOSi/c38-26-28-12-7-8-19-33(28)27-13-11-18-31(24-27)40(29-14-3-1-4-15-29,30-16-5-2-6-17-30)32-22-23-35-34-20-9-10-21-36(34)39-37(35)25-32/h1-25H. The van der Waals surface area contributed by atoms with Crippen LogP contribution in [-0.4, -0.2) is 8.07 Å². The Labute approximate surface area is 234 Å². The van der Waals surface area contributed by atoms with Gasteiger partial charge in [-0.15, -0.1) is 0 Å². The van der Waals surface area contributed by atoms with Crippen molar-refractivity contribution in [2.75, 3.05) is 0 Å². The molecule has 0 aliphatic heterocycles. The van der Waals surface area contributed by atoms with Crippen LogP contribution in [-0.2, 0) is 0 Å². The molecule has 0 unspecified atom stereocenters. The maximum Gasteiger partial charge on any atom is 0.179 e. The zero-order valence-electron chi connectivity index (χ0n) is 21.8. The van der Waals surface area contributed by atoms with E-state index in [4.69, 9.17) is 4.42 Å². The molecule has 40 heavy (non-hydrogen) atoms. The van der Waals surface area contributed by atoms with Crippen LogP contribution in [0.2, 0.25) is 0 Å². The zero-order chi connectivity index (χ0) is 26.9. The largest absolute Gasteiger partial charge is 0.456 e. The van der Waals surface area contributed by atoms with Crippen LogP contribution in [0.5, 0.6) is 0 Å². The van der Waals surface area contributed by atoms with E-state index in [2.05, 4.69) is 121 Å². The maximum atomic E-state index is 9.85. The first-order chi connectivity index (χ1) is 19.8. The Morgan fingerprint density at radius 3 is 1.82 bits per heavy atom. The van der Waals surface area contributed by atoms with Gasteiger partial charge in [0.05, 0.1) is 11.6 Å². The number of nitrogens with zero attached hydrogens (tertiary/aromatic N) is 1. The van der Waals surface area contributed by atoms with E-state index in [-0.39, 0.29) is 0 Å². The zero-order valence-corrected chi connectivity index (χ0v) is 22.8. The molecule has 1 heterocycles. The van der Waals surface area contributed by atoms with Gasteiger partial charge in [0.2, 0.25) is 0 Å². The fraction of sp³-hybridized carbons (Fsp3) is 0. The Kier molecular flexibility index (Phi) is 5.89. The van der Waals surface area contributed by atoms with E-state index in [0.29, 0.717) is 5.56 Å². The van der Waals surface area contributed by atoms with E-state index >= 15 is 0 Å². The summed E-state index contributed by atoms with van der Waals surface area (Å²) in [6, 6.07) is 55.8. The number of nitriles is 1. The van der Waals surface area contributed by atoms with Crippen molar-refractivity contribution in [2.45, 2.75) is 0 Å². The van der Waals surface area contributed by atoms with Crippen molar-refractivity contribution in [3.05, 3.63) is 157 Å². The average molecular weight is 528 g/mol. The van der Waals surface area contributed by atoms with Gasteiger partial charge in [-0.05, 0) is 50.1 Å². The van der Waals surface area contributed by atoms with Crippen LogP contribution in [0, 0.1) is 11.3 Å². The van der Waals surface area contributed by atoms with Gasteiger partial charge in [-0.2, -0.15) is 5.26 Å². The molecule has 0 saturated carbocycles. The lowest BCUT2D eigenvalue weighted by Gasteiger charge is -2.34. The number of hydrogen-bond donors (Lipinski definition) is 0. The first-order valence-electron chi connectivity index (χ1n) is 13.4. The Morgan fingerprint density at radius 2 is 1.07 bits per heavy atom. The van der Waals surface area contributed by atoms with Crippen LogP contribution < -0.4 is 20.7 Å². The third kappa shape index (κ3) is 3.78. The molecule has 7 aromatic rings. The Balaban J connectivity index is 1.57. The topological polar surface area (TPSA) is 36.9 Å². The lowest BCUT2D eigenvalue weighted by molar-refractivity contribution is 0.669. The third-order valence-corrected chi connectivity index (χ3v) is 12.6. The summed E-state index contributed by atoms with van der Waals surface area (Å²) in [6.45, 7) is 0. The fourth-order valence-electron chi connectivity index (χ4n) is 6.09. The van der Waals surface area contributed by atoms with E-state index in [9.17, 15) is 5.26 Å². The average Bonchev–Trinajstić information content (AvgIpc) is 3.41. The predicted molar refractivity (Wildman–Crippen MR) is 167 cm³/mol. The van der Waals surface area contributed by atoms with Crippen molar-refractivity contribution in [1.29, 1.82) is 5.26 Å². The van der Waals surface area contributed by atoms with Crippen LogP contribution >= 0.6 is 0 Å². The van der Waals surface area contributed by atoms with Gasteiger partial charge in [0, 0.05) is 10.8 Å². The highest BCUT2D eigenvalue weighted by Crippen LogP contribution is 2.29. The number of benzene rings is 6. The number of para-hydroxylation sites is 1. The van der Waals surface area contributed by atoms with Crippen molar-refractivity contribution in [3.8, 4) is 17.2 Å². The number of rotatable bonds is 5. The van der Waals surface area contributed by atoms with Crippen molar-refractivity contribution in [3.63, 3.8) is 0 Å². The molecule has 188 valence electrons. The minimum absolute atomic E-state index is 0.676. The molecule has 0 bridgehead atoms. The van der Waals surface area contributed by atoms with Crippen LogP contribution in [0.3, 0.4) is 0 Å². The summed E-state index contributed by atoms with van der Waals surface area (Å²) in [4.78, 5) is 0. The van der Waals surface area contributed by atoms with Crippen molar-refractivity contribution in [1.82, 2.24) is 0 Å². The summed E-state index contributed by atoms with van der Waals surface area (Å²) < 4.78 is 6.41. The summed E-state index contributed by atoms with van der Waals surface area (Å²) in [5.74, 6) is 0. The molecule has 0 amide bonds. The molecular formula is C37H25NOSi. The lowest BCUT2D eigenvalue weighted by atomic mass is 10.0. The van der Waals surface area contributed by atoms with E-state index in [1.165, 1.54) is 20.7 Å². The highest BCUT2D eigenvalue weighted by Gasteiger charge is 2.42. The van der Waals surface area contributed by atoms with Gasteiger partial charge in [0.25, 0.3) is 0 Å². The monoisotopic (exact) mass is 527 g/mol. The molecule has 7 rings (SSSR count). The van der Waals surface area contributed by atoms with Crippen molar-refractivity contribution < 1.29 is 4.42 Å². The predicted octanol–water partition coefficient (Wildman–Crippen LogP) is 6.50. The first-order valence-corrected chi connectivity index (χ1v) is 15.4. The Hall–Kier alpha value is -5.17. The minimum Gasteiger partial charge on any atom is -0.456 e. The van der Waals surface area contributed by atoms with Crippen LogP contribution in [0.25, 0.3) is 33.1 Å². The van der Waals surface area contributed by atoms with E-state index in [1.807, 2.05) is 36.4 Å². The Bertz CT molecular complexity index is 1980. The minimum atomic E-state index is -2.80.